The third kappa shape index (κ3) is 4.59. The van der Waals surface area contributed by atoms with Crippen molar-refractivity contribution in [3.63, 3.8) is 0 Å². The highest BCUT2D eigenvalue weighted by Gasteiger charge is 2.15. The number of carbonyl (C=O) groups excluding carboxylic acids is 1. The summed E-state index contributed by atoms with van der Waals surface area (Å²) in [5, 5.41) is 11.7. The molecule has 0 atom stereocenters. The van der Waals surface area contributed by atoms with Crippen molar-refractivity contribution in [3.8, 4) is 16.2 Å². The maximum absolute atomic E-state index is 13.1. The minimum atomic E-state index is -0.295. The number of fused-ring (bicyclic) bond motifs is 1. The van der Waals surface area contributed by atoms with Crippen molar-refractivity contribution < 1.29 is 9.53 Å². The van der Waals surface area contributed by atoms with Crippen LogP contribution >= 0.6 is 22.7 Å². The Morgan fingerprint density at radius 3 is 2.62 bits per heavy atom. The average molecular weight is 490 g/mol. The number of aromatic nitrogens is 4. The second-order valence-electron chi connectivity index (χ2n) is 7.40. The molecule has 0 saturated heterocycles. The van der Waals surface area contributed by atoms with E-state index in [1.54, 1.807) is 7.11 Å². The fourth-order valence-corrected chi connectivity index (χ4v) is 5.18. The molecule has 34 heavy (non-hydrogen) atoms. The topological polar surface area (TPSA) is 99.0 Å². The predicted octanol–water partition coefficient (Wildman–Crippen LogP) is 3.96. The van der Waals surface area contributed by atoms with E-state index in [-0.39, 0.29) is 23.0 Å². The summed E-state index contributed by atoms with van der Waals surface area (Å²) in [6.45, 7) is 0.602. The van der Waals surface area contributed by atoms with Gasteiger partial charge in [-0.3, -0.25) is 14.2 Å². The van der Waals surface area contributed by atoms with Gasteiger partial charge in [-0.05, 0) is 41.5 Å². The highest BCUT2D eigenvalue weighted by atomic mass is 32.1. The third-order valence-electron chi connectivity index (χ3n) is 5.14. The molecule has 3 aromatic heterocycles. The molecule has 0 radical (unpaired) electrons. The SMILES string of the molecule is COc1ccc(-c2cc3ncn(Cc4nnc(C(=O)NCc5ccccc5)s4)c(=O)c3s2)cc1. The number of amides is 1. The molecule has 0 bridgehead atoms. The van der Waals surface area contributed by atoms with Gasteiger partial charge in [-0.1, -0.05) is 41.7 Å². The summed E-state index contributed by atoms with van der Waals surface area (Å²) in [6, 6.07) is 19.2. The lowest BCUT2D eigenvalue weighted by atomic mass is 10.2. The lowest BCUT2D eigenvalue weighted by molar-refractivity contribution is 0.0950. The average Bonchev–Trinajstić information content (AvgIpc) is 3.53. The van der Waals surface area contributed by atoms with Crippen LogP contribution in [0.25, 0.3) is 20.7 Å². The number of methoxy groups -OCH3 is 1. The van der Waals surface area contributed by atoms with E-state index in [2.05, 4.69) is 20.5 Å². The molecule has 5 rings (SSSR count). The lowest BCUT2D eigenvalue weighted by Crippen LogP contribution is -2.22. The largest absolute Gasteiger partial charge is 0.497 e. The van der Waals surface area contributed by atoms with Gasteiger partial charge in [0.05, 0.1) is 25.5 Å². The summed E-state index contributed by atoms with van der Waals surface area (Å²) in [5.41, 5.74) is 2.48. The number of hydrogen-bond acceptors (Lipinski definition) is 8. The second kappa shape index (κ2) is 9.54. The van der Waals surface area contributed by atoms with Gasteiger partial charge in [0.2, 0.25) is 5.01 Å². The first-order valence-corrected chi connectivity index (χ1v) is 12.0. The number of benzene rings is 2. The molecule has 1 N–H and O–H groups in total. The van der Waals surface area contributed by atoms with Crippen LogP contribution in [0.1, 0.15) is 20.4 Å². The Balaban J connectivity index is 1.32. The van der Waals surface area contributed by atoms with Gasteiger partial charge >= 0.3 is 0 Å². The molecule has 170 valence electrons. The number of thiophene rings is 1. The van der Waals surface area contributed by atoms with Crippen LogP contribution in [-0.4, -0.2) is 32.8 Å². The van der Waals surface area contributed by atoms with Crippen molar-refractivity contribution in [2.75, 3.05) is 7.11 Å². The highest BCUT2D eigenvalue weighted by molar-refractivity contribution is 7.22. The predicted molar refractivity (Wildman–Crippen MR) is 132 cm³/mol. The maximum Gasteiger partial charge on any atom is 0.282 e. The van der Waals surface area contributed by atoms with Crippen molar-refractivity contribution >= 4 is 38.8 Å². The molecule has 0 aliphatic carbocycles. The molecular formula is C24H19N5O3S2. The molecule has 10 heteroatoms. The first kappa shape index (κ1) is 21.9. The van der Waals surface area contributed by atoms with E-state index in [0.29, 0.717) is 21.8 Å². The Hall–Kier alpha value is -3.89. The van der Waals surface area contributed by atoms with Crippen LogP contribution in [-0.2, 0) is 13.1 Å². The third-order valence-corrected chi connectivity index (χ3v) is 7.21. The Labute approximate surface area is 202 Å². The standard InChI is InChI=1S/C24H19N5O3S2/c1-32-17-9-7-16(8-10-17)19-11-18-21(33-19)24(31)29(14-26-18)13-20-27-28-23(34-20)22(30)25-12-15-5-3-2-4-6-15/h2-11,14H,12-13H2,1H3,(H,25,30). The van der Waals surface area contributed by atoms with E-state index < -0.39 is 0 Å². The smallest absolute Gasteiger partial charge is 0.282 e. The van der Waals surface area contributed by atoms with Crippen LogP contribution in [0.2, 0.25) is 0 Å². The van der Waals surface area contributed by atoms with E-state index in [0.717, 1.165) is 33.1 Å². The Morgan fingerprint density at radius 1 is 1.06 bits per heavy atom. The summed E-state index contributed by atoms with van der Waals surface area (Å²) in [7, 11) is 1.62. The van der Waals surface area contributed by atoms with Gasteiger partial charge in [0.1, 0.15) is 15.5 Å². The Kier molecular flexibility index (Phi) is 6.15. The molecule has 0 unspecified atom stereocenters. The highest BCUT2D eigenvalue weighted by Crippen LogP contribution is 2.31. The van der Waals surface area contributed by atoms with Gasteiger partial charge in [0, 0.05) is 11.4 Å². The van der Waals surface area contributed by atoms with Crippen LogP contribution < -0.4 is 15.6 Å². The van der Waals surface area contributed by atoms with Crippen LogP contribution in [0.4, 0.5) is 0 Å². The summed E-state index contributed by atoms with van der Waals surface area (Å²) < 4.78 is 7.27. The summed E-state index contributed by atoms with van der Waals surface area (Å²) in [5.74, 6) is 0.478. The van der Waals surface area contributed by atoms with E-state index in [1.807, 2.05) is 60.7 Å². The van der Waals surface area contributed by atoms with E-state index in [4.69, 9.17) is 4.74 Å². The molecule has 0 saturated carbocycles. The Bertz CT molecular complexity index is 1510. The number of carbonyl (C=O) groups is 1. The fraction of sp³-hybridized carbons (Fsp3) is 0.125. The molecule has 8 nitrogen and oxygen atoms in total. The monoisotopic (exact) mass is 489 g/mol. The van der Waals surface area contributed by atoms with Gasteiger partial charge in [0.15, 0.2) is 0 Å². The molecule has 0 fully saturated rings. The summed E-state index contributed by atoms with van der Waals surface area (Å²) in [4.78, 5) is 30.9. The van der Waals surface area contributed by atoms with Gasteiger partial charge in [-0.15, -0.1) is 21.5 Å². The van der Waals surface area contributed by atoms with Gasteiger partial charge in [-0.2, -0.15) is 0 Å². The van der Waals surface area contributed by atoms with Gasteiger partial charge < -0.3 is 10.1 Å². The second-order valence-corrected chi connectivity index (χ2v) is 9.51. The first-order chi connectivity index (χ1) is 16.6. The number of nitrogens with one attached hydrogen (secondary N) is 1. The molecule has 5 aromatic rings. The lowest BCUT2D eigenvalue weighted by Gasteiger charge is -2.02. The number of nitrogens with zero attached hydrogens (tertiary/aromatic N) is 4. The zero-order valence-electron chi connectivity index (χ0n) is 18.1. The van der Waals surface area contributed by atoms with Crippen LogP contribution in [0.5, 0.6) is 5.75 Å². The fourth-order valence-electron chi connectivity index (χ4n) is 3.36. The quantitative estimate of drug-likeness (QED) is 0.372. The first-order valence-electron chi connectivity index (χ1n) is 10.4. The summed E-state index contributed by atoms with van der Waals surface area (Å²) >= 11 is 2.56. The van der Waals surface area contributed by atoms with Crippen molar-refractivity contribution in [1.82, 2.24) is 25.1 Å². The number of hydrogen-bond donors (Lipinski definition) is 1. The minimum Gasteiger partial charge on any atom is -0.497 e. The van der Waals surface area contributed by atoms with Gasteiger partial charge in [-0.25, -0.2) is 4.98 Å². The summed E-state index contributed by atoms with van der Waals surface area (Å²) in [6.07, 6.45) is 1.51. The molecule has 1 amide bonds. The number of ether oxygens (including phenoxy) is 1. The van der Waals surface area contributed by atoms with Crippen molar-refractivity contribution in [3.05, 3.63) is 92.9 Å². The normalized spacial score (nSPS) is 11.0. The zero-order valence-corrected chi connectivity index (χ0v) is 19.7. The van der Waals surface area contributed by atoms with Crippen molar-refractivity contribution in [2.45, 2.75) is 13.1 Å². The zero-order chi connectivity index (χ0) is 23.5. The van der Waals surface area contributed by atoms with Gasteiger partial charge in [0.25, 0.3) is 11.5 Å². The van der Waals surface area contributed by atoms with Crippen molar-refractivity contribution in [1.29, 1.82) is 0 Å². The van der Waals surface area contributed by atoms with Crippen LogP contribution in [0.3, 0.4) is 0 Å². The molecule has 0 aliphatic rings. The van der Waals surface area contributed by atoms with Crippen LogP contribution in [0, 0.1) is 0 Å². The Morgan fingerprint density at radius 2 is 1.85 bits per heavy atom. The van der Waals surface area contributed by atoms with E-state index in [1.165, 1.54) is 22.2 Å². The van der Waals surface area contributed by atoms with Crippen LogP contribution in [0.15, 0.2) is 71.8 Å². The molecule has 0 aliphatic heterocycles. The molecule has 2 aromatic carbocycles. The maximum atomic E-state index is 13.1. The number of rotatable bonds is 7. The molecule has 3 heterocycles. The van der Waals surface area contributed by atoms with E-state index in [9.17, 15) is 9.59 Å². The van der Waals surface area contributed by atoms with E-state index >= 15 is 0 Å². The van der Waals surface area contributed by atoms with Crippen molar-refractivity contribution in [2.24, 2.45) is 0 Å². The molecular weight excluding hydrogens is 470 g/mol. The minimum absolute atomic E-state index is 0.153. The molecule has 0 spiro atoms.